The molecule has 118 valence electrons. The van der Waals surface area contributed by atoms with E-state index in [0.717, 1.165) is 22.1 Å². The van der Waals surface area contributed by atoms with Crippen molar-refractivity contribution < 1.29 is 9.22 Å². The zero-order chi connectivity index (χ0) is 16.6. The van der Waals surface area contributed by atoms with Gasteiger partial charge in [0, 0.05) is 5.56 Å². The molecule has 0 fully saturated rings. The molecular formula is C17H27BrO2Si. The maximum absolute atomic E-state index is 11.1. The Labute approximate surface area is 138 Å². The molecular weight excluding hydrogens is 344 g/mol. The zero-order valence-electron chi connectivity index (χ0n) is 14.4. The molecule has 0 saturated heterocycles. The van der Waals surface area contributed by atoms with E-state index in [1.807, 2.05) is 12.1 Å². The molecule has 0 aromatic heterocycles. The van der Waals surface area contributed by atoms with Crippen molar-refractivity contribution >= 4 is 30.5 Å². The third-order valence-corrected chi connectivity index (χ3v) is 9.09. The highest BCUT2D eigenvalue weighted by Gasteiger charge is 2.40. The van der Waals surface area contributed by atoms with Crippen LogP contribution in [0.2, 0.25) is 18.1 Å². The standard InChI is InChI=1S/C17H27BrO2Si/c1-16(2,3)13-9-12(11-19)10-14(18)15(13)20-21(7,8)17(4,5)6/h9-11H,1-8H3. The van der Waals surface area contributed by atoms with E-state index in [9.17, 15) is 4.79 Å². The molecule has 0 N–H and O–H groups in total. The maximum atomic E-state index is 11.1. The van der Waals surface area contributed by atoms with Gasteiger partial charge < -0.3 is 4.43 Å². The van der Waals surface area contributed by atoms with Gasteiger partial charge in [0.15, 0.2) is 0 Å². The summed E-state index contributed by atoms with van der Waals surface area (Å²) >= 11 is 3.59. The van der Waals surface area contributed by atoms with Crippen molar-refractivity contribution in [2.75, 3.05) is 0 Å². The minimum atomic E-state index is -1.93. The second-order valence-corrected chi connectivity index (χ2v) is 13.7. The van der Waals surface area contributed by atoms with Crippen LogP contribution in [-0.4, -0.2) is 14.6 Å². The summed E-state index contributed by atoms with van der Waals surface area (Å²) in [4.78, 5) is 11.1. The van der Waals surface area contributed by atoms with Gasteiger partial charge in [0.1, 0.15) is 12.0 Å². The Kier molecular flexibility index (Phi) is 5.16. The Balaban J connectivity index is 3.46. The zero-order valence-corrected chi connectivity index (χ0v) is 17.0. The Hall–Kier alpha value is -0.613. The first kappa shape index (κ1) is 18.4. The van der Waals surface area contributed by atoms with Crippen LogP contribution in [0.4, 0.5) is 0 Å². The molecule has 0 amide bonds. The highest BCUT2D eigenvalue weighted by atomic mass is 79.9. The van der Waals surface area contributed by atoms with E-state index < -0.39 is 8.32 Å². The summed E-state index contributed by atoms with van der Waals surface area (Å²) in [5, 5.41) is 0.130. The summed E-state index contributed by atoms with van der Waals surface area (Å²) in [5.74, 6) is 0.889. The Morgan fingerprint density at radius 1 is 1.10 bits per heavy atom. The summed E-state index contributed by atoms with van der Waals surface area (Å²) in [6.07, 6.45) is 0.885. The average Bonchev–Trinajstić information content (AvgIpc) is 2.28. The van der Waals surface area contributed by atoms with Gasteiger partial charge in [-0.3, -0.25) is 4.79 Å². The van der Waals surface area contributed by atoms with Crippen LogP contribution in [0.3, 0.4) is 0 Å². The predicted molar refractivity (Wildman–Crippen MR) is 96.1 cm³/mol. The van der Waals surface area contributed by atoms with E-state index in [-0.39, 0.29) is 10.5 Å². The highest BCUT2D eigenvalue weighted by molar-refractivity contribution is 9.10. The van der Waals surface area contributed by atoms with Gasteiger partial charge in [-0.2, -0.15) is 0 Å². The van der Waals surface area contributed by atoms with E-state index in [0.29, 0.717) is 5.56 Å². The molecule has 0 bridgehead atoms. The lowest BCUT2D eigenvalue weighted by atomic mass is 9.85. The molecule has 2 nitrogen and oxygen atoms in total. The van der Waals surface area contributed by atoms with Crippen LogP contribution in [-0.2, 0) is 5.41 Å². The van der Waals surface area contributed by atoms with E-state index in [1.54, 1.807) is 0 Å². The topological polar surface area (TPSA) is 26.3 Å². The Morgan fingerprint density at radius 3 is 2.00 bits per heavy atom. The molecule has 0 aliphatic heterocycles. The Bertz CT molecular complexity index is 537. The van der Waals surface area contributed by atoms with Gasteiger partial charge in [0.05, 0.1) is 4.47 Å². The number of halogens is 1. The SMILES string of the molecule is CC(C)(C)c1cc(C=O)cc(Br)c1O[Si](C)(C)C(C)(C)C. The Morgan fingerprint density at radius 2 is 1.62 bits per heavy atom. The summed E-state index contributed by atoms with van der Waals surface area (Å²) in [5.41, 5.74) is 1.66. The molecule has 1 aromatic carbocycles. The first-order valence-electron chi connectivity index (χ1n) is 7.28. The lowest BCUT2D eigenvalue weighted by Gasteiger charge is -2.38. The molecule has 0 aliphatic rings. The van der Waals surface area contributed by atoms with Gasteiger partial charge >= 0.3 is 0 Å². The van der Waals surface area contributed by atoms with Gasteiger partial charge in [-0.05, 0) is 57.2 Å². The summed E-state index contributed by atoms with van der Waals surface area (Å²) < 4.78 is 7.39. The van der Waals surface area contributed by atoms with Crippen LogP contribution in [0, 0.1) is 0 Å². The van der Waals surface area contributed by atoms with Gasteiger partial charge in [-0.15, -0.1) is 0 Å². The van der Waals surface area contributed by atoms with Crippen LogP contribution in [0.15, 0.2) is 16.6 Å². The van der Waals surface area contributed by atoms with Crippen molar-refractivity contribution in [1.29, 1.82) is 0 Å². The molecule has 0 heterocycles. The third kappa shape index (κ3) is 4.19. The van der Waals surface area contributed by atoms with E-state index >= 15 is 0 Å². The van der Waals surface area contributed by atoms with Gasteiger partial charge in [0.25, 0.3) is 8.32 Å². The van der Waals surface area contributed by atoms with E-state index in [1.165, 1.54) is 0 Å². The van der Waals surface area contributed by atoms with Crippen LogP contribution in [0.25, 0.3) is 0 Å². The number of rotatable bonds is 3. The van der Waals surface area contributed by atoms with Crippen molar-refractivity contribution in [3.05, 3.63) is 27.7 Å². The summed E-state index contributed by atoms with van der Waals surface area (Å²) in [7, 11) is -1.93. The lowest BCUT2D eigenvalue weighted by Crippen LogP contribution is -2.44. The van der Waals surface area contributed by atoms with Crippen LogP contribution < -0.4 is 4.43 Å². The monoisotopic (exact) mass is 370 g/mol. The fourth-order valence-corrected chi connectivity index (χ4v) is 3.50. The summed E-state index contributed by atoms with van der Waals surface area (Å²) in [6.45, 7) is 17.6. The number of hydrogen-bond donors (Lipinski definition) is 0. The number of hydrogen-bond acceptors (Lipinski definition) is 2. The molecule has 1 rings (SSSR count). The van der Waals surface area contributed by atoms with E-state index in [4.69, 9.17) is 4.43 Å². The van der Waals surface area contributed by atoms with Crippen molar-refractivity contribution in [3.63, 3.8) is 0 Å². The van der Waals surface area contributed by atoms with Crippen molar-refractivity contribution in [2.24, 2.45) is 0 Å². The predicted octanol–water partition coefficient (Wildman–Crippen LogP) is 5.94. The average molecular weight is 371 g/mol. The number of aldehydes is 1. The maximum Gasteiger partial charge on any atom is 0.250 e. The largest absolute Gasteiger partial charge is 0.543 e. The van der Waals surface area contributed by atoms with Crippen molar-refractivity contribution in [3.8, 4) is 5.75 Å². The van der Waals surface area contributed by atoms with Gasteiger partial charge in [0.2, 0.25) is 0 Å². The highest BCUT2D eigenvalue weighted by Crippen LogP contribution is 2.43. The molecule has 4 heteroatoms. The van der Waals surface area contributed by atoms with Crippen molar-refractivity contribution in [1.82, 2.24) is 0 Å². The summed E-state index contributed by atoms with van der Waals surface area (Å²) in [6, 6.07) is 3.78. The molecule has 0 aliphatic carbocycles. The first-order valence-corrected chi connectivity index (χ1v) is 11.0. The molecule has 0 spiro atoms. The number of carbonyl (C=O) groups is 1. The molecule has 0 saturated carbocycles. The van der Waals surface area contributed by atoms with Gasteiger partial charge in [-0.25, -0.2) is 0 Å². The van der Waals surface area contributed by atoms with E-state index in [2.05, 4.69) is 70.6 Å². The second-order valence-electron chi connectivity index (χ2n) is 8.11. The fraction of sp³-hybridized carbons (Fsp3) is 0.588. The molecule has 1 aromatic rings. The molecule has 0 radical (unpaired) electrons. The van der Waals surface area contributed by atoms with Crippen LogP contribution >= 0.6 is 15.9 Å². The third-order valence-electron chi connectivity index (χ3n) is 4.17. The normalized spacial score (nSPS) is 13.2. The van der Waals surface area contributed by atoms with Crippen LogP contribution in [0.5, 0.6) is 5.75 Å². The smallest absolute Gasteiger partial charge is 0.250 e. The lowest BCUT2D eigenvalue weighted by molar-refractivity contribution is 0.112. The first-order chi connectivity index (χ1) is 9.29. The quantitative estimate of drug-likeness (QED) is 0.485. The minimum Gasteiger partial charge on any atom is -0.543 e. The molecule has 0 atom stereocenters. The number of carbonyl (C=O) groups excluding carboxylic acids is 1. The molecule has 21 heavy (non-hydrogen) atoms. The van der Waals surface area contributed by atoms with Crippen LogP contribution in [0.1, 0.15) is 57.5 Å². The second kappa shape index (κ2) is 5.88. The molecule has 0 unspecified atom stereocenters. The van der Waals surface area contributed by atoms with Gasteiger partial charge in [-0.1, -0.05) is 41.5 Å². The number of benzene rings is 1. The fourth-order valence-electron chi connectivity index (χ4n) is 1.75. The van der Waals surface area contributed by atoms with Crippen molar-refractivity contribution in [2.45, 2.75) is 65.1 Å². The minimum absolute atomic E-state index is 0.0841.